The van der Waals surface area contributed by atoms with Gasteiger partial charge in [0.1, 0.15) is 11.4 Å². The predicted molar refractivity (Wildman–Crippen MR) is 134 cm³/mol. The van der Waals surface area contributed by atoms with Crippen LogP contribution in [0.25, 0.3) is 0 Å². The van der Waals surface area contributed by atoms with E-state index in [0.29, 0.717) is 30.2 Å². The Morgan fingerprint density at radius 1 is 0.941 bits per heavy atom. The monoisotopic (exact) mass is 460 g/mol. The topological polar surface area (TPSA) is 88.0 Å². The van der Waals surface area contributed by atoms with Gasteiger partial charge in [-0.1, -0.05) is 18.2 Å². The SMILES string of the molecule is COc1cccc(NC(=O)c2ccc(N3CCN(c4cc(C)ccc4C)CC3)c([N+](=O)[O-])c2)c1. The normalized spacial score (nSPS) is 13.5. The molecule has 0 bridgehead atoms. The molecule has 1 aliphatic heterocycles. The lowest BCUT2D eigenvalue weighted by molar-refractivity contribution is -0.384. The average Bonchev–Trinajstić information content (AvgIpc) is 2.85. The number of aryl methyl sites for hydroxylation is 2. The number of hydrogen-bond acceptors (Lipinski definition) is 6. The minimum atomic E-state index is -0.422. The van der Waals surface area contributed by atoms with E-state index in [1.165, 1.54) is 22.9 Å². The van der Waals surface area contributed by atoms with Crippen molar-refractivity contribution >= 4 is 28.7 Å². The van der Waals surface area contributed by atoms with Gasteiger partial charge in [-0.15, -0.1) is 0 Å². The second-order valence-corrected chi connectivity index (χ2v) is 8.41. The van der Waals surface area contributed by atoms with E-state index in [1.54, 1.807) is 43.5 Å². The summed E-state index contributed by atoms with van der Waals surface area (Å²) in [6, 6.07) is 18.0. The molecule has 8 nitrogen and oxygen atoms in total. The molecule has 3 aromatic carbocycles. The van der Waals surface area contributed by atoms with Crippen molar-refractivity contribution in [2.75, 3.05) is 48.4 Å². The van der Waals surface area contributed by atoms with Crippen LogP contribution in [0.15, 0.2) is 60.7 Å². The molecule has 0 aromatic heterocycles. The van der Waals surface area contributed by atoms with Gasteiger partial charge in [-0.2, -0.15) is 0 Å². The van der Waals surface area contributed by atoms with Gasteiger partial charge in [-0.25, -0.2) is 0 Å². The number of methoxy groups -OCH3 is 1. The van der Waals surface area contributed by atoms with E-state index in [1.807, 2.05) is 4.90 Å². The second kappa shape index (κ2) is 9.82. The van der Waals surface area contributed by atoms with Crippen molar-refractivity contribution in [2.24, 2.45) is 0 Å². The van der Waals surface area contributed by atoms with E-state index in [4.69, 9.17) is 4.74 Å². The maximum Gasteiger partial charge on any atom is 0.293 e. The summed E-state index contributed by atoms with van der Waals surface area (Å²) >= 11 is 0. The standard InChI is InChI=1S/C26H28N4O4/c1-18-7-8-19(2)24(15-18)29-13-11-28(12-14-29)23-10-9-20(16-25(23)30(32)33)26(31)27-21-5-4-6-22(17-21)34-3/h4-10,15-17H,11-14H2,1-3H3,(H,27,31). The Kier molecular flexibility index (Phi) is 6.67. The Balaban J connectivity index is 1.50. The summed E-state index contributed by atoms with van der Waals surface area (Å²) in [6.07, 6.45) is 0. The number of ether oxygens (including phenoxy) is 1. The van der Waals surface area contributed by atoms with Crippen LogP contribution in [0.1, 0.15) is 21.5 Å². The van der Waals surface area contributed by atoms with Crippen LogP contribution < -0.4 is 19.9 Å². The number of nitro groups is 1. The molecule has 0 aliphatic carbocycles. The summed E-state index contributed by atoms with van der Waals surface area (Å²) in [5.41, 5.74) is 4.88. The van der Waals surface area contributed by atoms with Crippen molar-refractivity contribution in [1.82, 2.24) is 0 Å². The first kappa shape index (κ1) is 23.1. The minimum absolute atomic E-state index is 0.0709. The van der Waals surface area contributed by atoms with Gasteiger partial charge in [0.15, 0.2) is 0 Å². The van der Waals surface area contributed by atoms with E-state index in [9.17, 15) is 14.9 Å². The third-order valence-corrected chi connectivity index (χ3v) is 6.09. The van der Waals surface area contributed by atoms with Crippen LogP contribution in [0.5, 0.6) is 5.75 Å². The Morgan fingerprint density at radius 3 is 2.32 bits per heavy atom. The van der Waals surface area contributed by atoms with E-state index < -0.39 is 10.8 Å². The molecule has 3 aromatic rings. The summed E-state index contributed by atoms with van der Waals surface area (Å²) in [5, 5.41) is 14.6. The minimum Gasteiger partial charge on any atom is -0.497 e. The summed E-state index contributed by atoms with van der Waals surface area (Å²) in [7, 11) is 1.55. The van der Waals surface area contributed by atoms with Crippen LogP contribution in [0.2, 0.25) is 0 Å². The Bertz CT molecular complexity index is 1220. The molecule has 0 saturated carbocycles. The van der Waals surface area contributed by atoms with Crippen molar-refractivity contribution in [3.8, 4) is 5.75 Å². The first-order chi connectivity index (χ1) is 16.4. The van der Waals surface area contributed by atoms with Gasteiger partial charge in [0.2, 0.25) is 0 Å². The molecular formula is C26H28N4O4. The molecule has 8 heteroatoms. The number of nitro benzene ring substituents is 1. The molecule has 0 unspecified atom stereocenters. The highest BCUT2D eigenvalue weighted by molar-refractivity contribution is 6.05. The highest BCUT2D eigenvalue weighted by Gasteiger charge is 2.26. The number of piperazine rings is 1. The first-order valence-corrected chi connectivity index (χ1v) is 11.2. The molecule has 176 valence electrons. The van der Waals surface area contributed by atoms with Crippen LogP contribution in [-0.4, -0.2) is 44.1 Å². The van der Waals surface area contributed by atoms with Gasteiger partial charge in [0, 0.05) is 55.2 Å². The van der Waals surface area contributed by atoms with Crippen molar-refractivity contribution < 1.29 is 14.5 Å². The largest absolute Gasteiger partial charge is 0.497 e. The van der Waals surface area contributed by atoms with E-state index in [-0.39, 0.29) is 11.3 Å². The fraction of sp³-hybridized carbons (Fsp3) is 0.269. The number of hydrogen-bond donors (Lipinski definition) is 1. The zero-order valence-electron chi connectivity index (χ0n) is 19.6. The van der Waals surface area contributed by atoms with Gasteiger partial charge in [0.05, 0.1) is 12.0 Å². The second-order valence-electron chi connectivity index (χ2n) is 8.41. The summed E-state index contributed by atoms with van der Waals surface area (Å²) in [4.78, 5) is 28.5. The Labute approximate surface area is 198 Å². The fourth-order valence-corrected chi connectivity index (χ4v) is 4.23. The number of rotatable bonds is 6. The molecule has 4 rings (SSSR count). The van der Waals surface area contributed by atoms with E-state index in [2.05, 4.69) is 42.3 Å². The molecule has 1 saturated heterocycles. The van der Waals surface area contributed by atoms with Gasteiger partial charge in [-0.05, 0) is 55.3 Å². The van der Waals surface area contributed by atoms with Crippen molar-refractivity contribution in [3.05, 3.63) is 87.5 Å². The molecule has 0 spiro atoms. The zero-order valence-corrected chi connectivity index (χ0v) is 19.6. The lowest BCUT2D eigenvalue weighted by Gasteiger charge is -2.37. The van der Waals surface area contributed by atoms with Crippen molar-refractivity contribution in [3.63, 3.8) is 0 Å². The fourth-order valence-electron chi connectivity index (χ4n) is 4.23. The summed E-state index contributed by atoms with van der Waals surface area (Å²) < 4.78 is 5.17. The smallest absolute Gasteiger partial charge is 0.293 e. The number of carbonyl (C=O) groups is 1. The molecular weight excluding hydrogens is 432 g/mol. The molecule has 34 heavy (non-hydrogen) atoms. The number of benzene rings is 3. The lowest BCUT2D eigenvalue weighted by Crippen LogP contribution is -2.47. The Hall–Kier alpha value is -4.07. The van der Waals surface area contributed by atoms with E-state index >= 15 is 0 Å². The number of amides is 1. The molecule has 0 atom stereocenters. The molecule has 1 fully saturated rings. The van der Waals surface area contributed by atoms with Crippen LogP contribution in [0.4, 0.5) is 22.7 Å². The van der Waals surface area contributed by atoms with Crippen LogP contribution >= 0.6 is 0 Å². The quantitative estimate of drug-likeness (QED) is 0.420. The van der Waals surface area contributed by atoms with Crippen LogP contribution in [0.3, 0.4) is 0 Å². The maximum atomic E-state index is 12.7. The summed E-state index contributed by atoms with van der Waals surface area (Å²) in [5.74, 6) is 0.196. The lowest BCUT2D eigenvalue weighted by atomic mass is 10.1. The number of carbonyl (C=O) groups excluding carboxylic acids is 1. The highest BCUT2D eigenvalue weighted by Crippen LogP contribution is 2.32. The molecule has 1 aliphatic rings. The van der Waals surface area contributed by atoms with Crippen LogP contribution in [-0.2, 0) is 0 Å². The van der Waals surface area contributed by atoms with Gasteiger partial charge in [-0.3, -0.25) is 14.9 Å². The molecule has 1 amide bonds. The van der Waals surface area contributed by atoms with Gasteiger partial charge >= 0.3 is 0 Å². The third kappa shape index (κ3) is 4.96. The molecule has 0 radical (unpaired) electrons. The Morgan fingerprint density at radius 2 is 1.65 bits per heavy atom. The first-order valence-electron chi connectivity index (χ1n) is 11.2. The number of nitrogens with zero attached hydrogens (tertiary/aromatic N) is 3. The number of nitrogens with one attached hydrogen (secondary N) is 1. The molecule has 1 heterocycles. The van der Waals surface area contributed by atoms with Gasteiger partial charge < -0.3 is 19.9 Å². The van der Waals surface area contributed by atoms with Gasteiger partial charge in [0.25, 0.3) is 11.6 Å². The van der Waals surface area contributed by atoms with Crippen LogP contribution in [0, 0.1) is 24.0 Å². The average molecular weight is 461 g/mol. The predicted octanol–water partition coefficient (Wildman–Crippen LogP) is 4.80. The third-order valence-electron chi connectivity index (χ3n) is 6.09. The van der Waals surface area contributed by atoms with Crippen molar-refractivity contribution in [1.29, 1.82) is 0 Å². The van der Waals surface area contributed by atoms with Crippen molar-refractivity contribution in [2.45, 2.75) is 13.8 Å². The van der Waals surface area contributed by atoms with E-state index in [0.717, 1.165) is 13.1 Å². The maximum absolute atomic E-state index is 12.7. The highest BCUT2D eigenvalue weighted by atomic mass is 16.6. The zero-order chi connectivity index (χ0) is 24.2. The summed E-state index contributed by atoms with van der Waals surface area (Å²) in [6.45, 7) is 7.02. The molecule has 1 N–H and O–H groups in total. The number of anilines is 3.